The van der Waals surface area contributed by atoms with Gasteiger partial charge in [-0.3, -0.25) is 5.10 Å². The highest BCUT2D eigenvalue weighted by molar-refractivity contribution is 5.79. The molecule has 1 N–H and O–H groups in total. The van der Waals surface area contributed by atoms with Crippen molar-refractivity contribution in [2.45, 2.75) is 0 Å². The van der Waals surface area contributed by atoms with Gasteiger partial charge in [-0.15, -0.1) is 15.3 Å². The first-order valence-corrected chi connectivity index (χ1v) is 7.86. The van der Waals surface area contributed by atoms with Crippen molar-refractivity contribution in [2.75, 3.05) is 0 Å². The molecule has 0 unspecified atom stereocenters. The van der Waals surface area contributed by atoms with E-state index >= 15 is 0 Å². The Kier molecular flexibility index (Phi) is 3.14. The molecule has 0 aliphatic heterocycles. The van der Waals surface area contributed by atoms with Crippen LogP contribution in [0.1, 0.15) is 0 Å². The number of hydrogen-bond acceptors (Lipinski definition) is 5. The molecule has 7 nitrogen and oxygen atoms in total. The number of aromatic nitrogens is 6. The number of nitrogens with zero attached hydrogens (tertiary/aromatic N) is 5. The van der Waals surface area contributed by atoms with Gasteiger partial charge >= 0.3 is 0 Å². The summed E-state index contributed by atoms with van der Waals surface area (Å²) in [6.45, 7) is 0. The summed E-state index contributed by atoms with van der Waals surface area (Å²) in [4.78, 5) is 0. The van der Waals surface area contributed by atoms with Gasteiger partial charge in [0.05, 0.1) is 17.3 Å². The minimum atomic E-state index is -0.389. The van der Waals surface area contributed by atoms with Crippen molar-refractivity contribution in [3.05, 3.63) is 66.6 Å². The second-order valence-electron chi connectivity index (χ2n) is 5.67. The van der Waals surface area contributed by atoms with E-state index in [1.807, 2.05) is 18.2 Å². The predicted octanol–water partition coefficient (Wildman–Crippen LogP) is 3.60. The Balaban J connectivity index is 1.56. The minimum Gasteiger partial charge on any atom is -0.438 e. The fourth-order valence-electron chi connectivity index (χ4n) is 2.74. The molecule has 3 aromatic heterocycles. The van der Waals surface area contributed by atoms with Crippen LogP contribution in [0.25, 0.3) is 27.9 Å². The minimum absolute atomic E-state index is 0.313. The van der Waals surface area contributed by atoms with Gasteiger partial charge < -0.3 is 4.74 Å². The lowest BCUT2D eigenvalue weighted by Gasteiger charge is -2.06. The third kappa shape index (κ3) is 2.35. The molecule has 0 aliphatic carbocycles. The molecule has 8 heteroatoms. The van der Waals surface area contributed by atoms with Crippen molar-refractivity contribution in [2.24, 2.45) is 0 Å². The molecule has 5 aromatic rings. The average molecular weight is 346 g/mol. The summed E-state index contributed by atoms with van der Waals surface area (Å²) in [5, 5.41) is 20.3. The van der Waals surface area contributed by atoms with Gasteiger partial charge in [0.15, 0.2) is 11.5 Å². The van der Waals surface area contributed by atoms with Gasteiger partial charge in [0.2, 0.25) is 5.88 Å². The maximum Gasteiger partial charge on any atom is 0.237 e. The highest BCUT2D eigenvalue weighted by Gasteiger charge is 2.14. The van der Waals surface area contributed by atoms with Gasteiger partial charge in [-0.25, -0.2) is 4.39 Å². The van der Waals surface area contributed by atoms with E-state index in [4.69, 9.17) is 4.74 Å². The zero-order valence-corrected chi connectivity index (χ0v) is 13.3. The largest absolute Gasteiger partial charge is 0.438 e. The first-order valence-electron chi connectivity index (χ1n) is 7.86. The summed E-state index contributed by atoms with van der Waals surface area (Å²) >= 11 is 0. The monoisotopic (exact) mass is 346 g/mol. The van der Waals surface area contributed by atoms with Crippen LogP contribution in [0, 0.1) is 5.82 Å². The van der Waals surface area contributed by atoms with E-state index in [1.54, 1.807) is 36.5 Å². The van der Waals surface area contributed by atoms with Crippen LogP contribution in [0.5, 0.6) is 11.6 Å². The normalized spacial score (nSPS) is 11.3. The molecule has 0 aliphatic rings. The van der Waals surface area contributed by atoms with Crippen LogP contribution in [-0.2, 0) is 0 Å². The highest BCUT2D eigenvalue weighted by Crippen LogP contribution is 2.25. The SMILES string of the molecule is Fc1ccccc1-c1nnc2ccc(Oc3ccc4cn[nH]c4c3)nn12. The number of nitrogens with one attached hydrogen (secondary N) is 1. The summed E-state index contributed by atoms with van der Waals surface area (Å²) < 4.78 is 21.4. The second kappa shape index (κ2) is 5.62. The Morgan fingerprint density at radius 1 is 1.00 bits per heavy atom. The topological polar surface area (TPSA) is 81.0 Å². The van der Waals surface area contributed by atoms with Crippen LogP contribution in [0.2, 0.25) is 0 Å². The molecular formula is C18H11FN6O. The fourth-order valence-corrected chi connectivity index (χ4v) is 2.74. The molecule has 0 radical (unpaired) electrons. The first-order chi connectivity index (χ1) is 12.8. The van der Waals surface area contributed by atoms with Gasteiger partial charge in [0.25, 0.3) is 0 Å². The summed E-state index contributed by atoms with van der Waals surface area (Å²) in [5.41, 5.74) is 1.68. The van der Waals surface area contributed by atoms with E-state index in [0.717, 1.165) is 10.9 Å². The zero-order chi connectivity index (χ0) is 17.5. The molecular weight excluding hydrogens is 335 g/mol. The summed E-state index contributed by atoms with van der Waals surface area (Å²) in [6, 6.07) is 15.3. The van der Waals surface area contributed by atoms with Crippen molar-refractivity contribution in [3.63, 3.8) is 0 Å². The number of fused-ring (bicyclic) bond motifs is 2. The van der Waals surface area contributed by atoms with Crippen molar-refractivity contribution in [3.8, 4) is 23.0 Å². The number of H-pyrrole nitrogens is 1. The molecule has 2 aromatic carbocycles. The molecule has 26 heavy (non-hydrogen) atoms. The molecule has 5 rings (SSSR count). The molecule has 0 saturated heterocycles. The number of ether oxygens (including phenoxy) is 1. The molecule has 3 heterocycles. The predicted molar refractivity (Wildman–Crippen MR) is 92.3 cm³/mol. The molecule has 0 spiro atoms. The summed E-state index contributed by atoms with van der Waals surface area (Å²) in [7, 11) is 0. The fraction of sp³-hybridized carbons (Fsp3) is 0. The van der Waals surface area contributed by atoms with Crippen molar-refractivity contribution in [1.82, 2.24) is 30.0 Å². The van der Waals surface area contributed by atoms with Crippen LogP contribution in [0.3, 0.4) is 0 Å². The maximum absolute atomic E-state index is 14.1. The summed E-state index contributed by atoms with van der Waals surface area (Å²) in [6.07, 6.45) is 1.74. The molecule has 0 fully saturated rings. The van der Waals surface area contributed by atoms with Gasteiger partial charge in [-0.2, -0.15) is 9.61 Å². The number of halogens is 1. The highest BCUT2D eigenvalue weighted by atomic mass is 19.1. The quantitative estimate of drug-likeness (QED) is 0.540. The molecule has 126 valence electrons. The van der Waals surface area contributed by atoms with Crippen LogP contribution >= 0.6 is 0 Å². The van der Waals surface area contributed by atoms with Gasteiger partial charge in [0, 0.05) is 17.5 Å². The Labute approximate surface area is 146 Å². The van der Waals surface area contributed by atoms with Gasteiger partial charge in [-0.05, 0) is 30.3 Å². The zero-order valence-electron chi connectivity index (χ0n) is 13.3. The van der Waals surface area contributed by atoms with E-state index in [1.165, 1.54) is 10.6 Å². The van der Waals surface area contributed by atoms with Crippen LogP contribution < -0.4 is 4.74 Å². The van der Waals surface area contributed by atoms with Gasteiger partial charge in [0.1, 0.15) is 11.6 Å². The van der Waals surface area contributed by atoms with Gasteiger partial charge in [-0.1, -0.05) is 12.1 Å². The smallest absolute Gasteiger partial charge is 0.237 e. The van der Waals surface area contributed by atoms with Crippen molar-refractivity contribution >= 4 is 16.6 Å². The Morgan fingerprint density at radius 3 is 2.85 bits per heavy atom. The maximum atomic E-state index is 14.1. The van der Waals surface area contributed by atoms with Crippen molar-refractivity contribution < 1.29 is 9.13 Å². The first kappa shape index (κ1) is 14.5. The van der Waals surface area contributed by atoms with Crippen LogP contribution in [0.4, 0.5) is 4.39 Å². The van der Waals surface area contributed by atoms with E-state index in [0.29, 0.717) is 28.7 Å². The number of rotatable bonds is 3. The molecule has 0 atom stereocenters. The Hall–Kier alpha value is -3.81. The Morgan fingerprint density at radius 2 is 1.92 bits per heavy atom. The van der Waals surface area contributed by atoms with Crippen LogP contribution in [-0.4, -0.2) is 30.0 Å². The second-order valence-corrected chi connectivity index (χ2v) is 5.67. The molecule has 0 saturated carbocycles. The Bertz CT molecular complexity index is 1240. The third-order valence-corrected chi connectivity index (χ3v) is 3.99. The average Bonchev–Trinajstić information content (AvgIpc) is 3.28. The standard InChI is InChI=1S/C18H11FN6O/c19-14-4-2-1-3-13(14)18-23-22-16-7-8-17(24-25(16)18)26-12-6-5-11-10-20-21-15(11)9-12/h1-10H,(H,20,21). The molecule has 0 amide bonds. The number of aromatic amines is 1. The lowest BCUT2D eigenvalue weighted by Crippen LogP contribution is -1.99. The van der Waals surface area contributed by atoms with E-state index in [2.05, 4.69) is 25.5 Å². The number of hydrogen-bond donors (Lipinski definition) is 1. The van der Waals surface area contributed by atoms with Crippen molar-refractivity contribution in [1.29, 1.82) is 0 Å². The molecule has 0 bridgehead atoms. The lowest BCUT2D eigenvalue weighted by molar-refractivity contribution is 0.453. The third-order valence-electron chi connectivity index (χ3n) is 3.99. The lowest BCUT2D eigenvalue weighted by atomic mass is 10.2. The van der Waals surface area contributed by atoms with Crippen LogP contribution in [0.15, 0.2) is 60.8 Å². The summed E-state index contributed by atoms with van der Waals surface area (Å²) in [5.74, 6) is 0.870. The van der Waals surface area contributed by atoms with E-state index in [-0.39, 0.29) is 5.82 Å². The van der Waals surface area contributed by atoms with E-state index in [9.17, 15) is 4.39 Å². The number of benzene rings is 2. The van der Waals surface area contributed by atoms with E-state index < -0.39 is 0 Å².